The predicted molar refractivity (Wildman–Crippen MR) is 178 cm³/mol. The Balaban J connectivity index is 1.60. The molecule has 1 aromatic heterocycles. The minimum absolute atomic E-state index is 0.00673. The first kappa shape index (κ1) is 35.5. The van der Waals surface area contributed by atoms with Gasteiger partial charge in [-0.3, -0.25) is 18.4 Å². The fraction of sp³-hybridized carbons (Fsp3) is 0.0357. The number of nitrogen functional groups attached to an aromatic ring is 1. The van der Waals surface area contributed by atoms with Gasteiger partial charge in [0, 0.05) is 22.0 Å². The minimum atomic E-state index is -5.26. The van der Waals surface area contributed by atoms with Crippen LogP contribution in [0.3, 0.4) is 0 Å². The Kier molecular flexibility index (Phi) is 9.12. The van der Waals surface area contributed by atoms with Crippen LogP contribution in [0.25, 0.3) is 21.9 Å². The Morgan fingerprint density at radius 3 is 1.86 bits per heavy atom. The summed E-state index contributed by atoms with van der Waals surface area (Å²) in [6, 6.07) is 16.5. The molecule has 0 saturated heterocycles. The maximum Gasteiger partial charge on any atom is 0.295 e. The zero-order chi connectivity index (χ0) is 36.1. The van der Waals surface area contributed by atoms with Gasteiger partial charge in [-0.05, 0) is 61.0 Å². The van der Waals surface area contributed by atoms with Crippen molar-refractivity contribution < 1.29 is 47.3 Å². The Morgan fingerprint density at radius 2 is 1.31 bits per heavy atom. The average molecular weight is 764 g/mol. The number of hydrogen-bond donors (Lipinski definition) is 5. The molecule has 0 aliphatic heterocycles. The highest BCUT2D eigenvalue weighted by Crippen LogP contribution is 2.45. The van der Waals surface area contributed by atoms with Gasteiger partial charge in [-0.25, -0.2) is 8.42 Å². The number of hydrogen-bond acceptors (Lipinski definition) is 13. The molecule has 5 aromatic rings. The van der Waals surface area contributed by atoms with Crippen LogP contribution in [0.1, 0.15) is 11.1 Å². The number of benzene rings is 4. The largest absolute Gasteiger partial charge is 0.389 e. The highest BCUT2D eigenvalue weighted by atomic mass is 32.2. The molecule has 1 heterocycles. The SMILES string of the molecule is Cc1ccc(S(=O)(=O)Nc2ccc(-c3c(N=Nc4cc(S(=O)(=O)O)c5cc(S(=O)(=O)O)cc(S(=O)(=O)O)c5c4)sc(N)c3C#N)cc2)cc1. The number of nitrogens with zero attached hydrogens (tertiary/aromatic N) is 3. The lowest BCUT2D eigenvalue weighted by atomic mass is 10.0. The molecule has 0 aliphatic rings. The molecule has 254 valence electrons. The van der Waals surface area contributed by atoms with E-state index >= 15 is 0 Å². The Bertz CT molecular complexity index is 2680. The third kappa shape index (κ3) is 7.46. The van der Waals surface area contributed by atoms with E-state index in [1.807, 2.05) is 13.0 Å². The van der Waals surface area contributed by atoms with Crippen LogP contribution in [0.5, 0.6) is 0 Å². The normalized spacial score (nSPS) is 12.7. The van der Waals surface area contributed by atoms with E-state index in [0.717, 1.165) is 29.0 Å². The first-order valence-corrected chi connectivity index (χ1v) is 19.8. The zero-order valence-electron chi connectivity index (χ0n) is 24.5. The molecule has 21 heteroatoms. The van der Waals surface area contributed by atoms with Crippen molar-refractivity contribution in [3.63, 3.8) is 0 Å². The molecule has 5 rings (SSSR count). The van der Waals surface area contributed by atoms with Gasteiger partial charge in [0.25, 0.3) is 40.4 Å². The van der Waals surface area contributed by atoms with Crippen molar-refractivity contribution >= 4 is 83.9 Å². The molecule has 49 heavy (non-hydrogen) atoms. The van der Waals surface area contributed by atoms with Crippen LogP contribution in [0, 0.1) is 18.3 Å². The third-order valence-electron chi connectivity index (χ3n) is 6.85. The van der Waals surface area contributed by atoms with E-state index in [2.05, 4.69) is 15.0 Å². The number of nitrogens with two attached hydrogens (primary N) is 1. The van der Waals surface area contributed by atoms with Crippen LogP contribution in [-0.2, 0) is 40.4 Å². The zero-order valence-corrected chi connectivity index (χ0v) is 28.6. The number of azo groups is 1. The van der Waals surface area contributed by atoms with Crippen LogP contribution < -0.4 is 10.5 Å². The van der Waals surface area contributed by atoms with Gasteiger partial charge in [-0.2, -0.15) is 30.5 Å². The number of rotatable bonds is 9. The van der Waals surface area contributed by atoms with E-state index in [4.69, 9.17) is 5.73 Å². The van der Waals surface area contributed by atoms with Crippen LogP contribution in [-0.4, -0.2) is 47.3 Å². The van der Waals surface area contributed by atoms with Crippen molar-refractivity contribution in [2.24, 2.45) is 10.2 Å². The first-order chi connectivity index (χ1) is 22.7. The fourth-order valence-electron chi connectivity index (χ4n) is 4.61. The molecule has 0 atom stereocenters. The van der Waals surface area contributed by atoms with E-state index in [9.17, 15) is 52.6 Å². The second-order valence-electron chi connectivity index (χ2n) is 10.2. The summed E-state index contributed by atoms with van der Waals surface area (Å²) < 4.78 is 130. The summed E-state index contributed by atoms with van der Waals surface area (Å²) in [5, 5.41) is 16.5. The van der Waals surface area contributed by atoms with E-state index in [0.29, 0.717) is 17.7 Å². The van der Waals surface area contributed by atoms with Crippen molar-refractivity contribution in [2.75, 3.05) is 10.5 Å². The van der Waals surface area contributed by atoms with Crippen molar-refractivity contribution in [3.05, 3.63) is 83.9 Å². The van der Waals surface area contributed by atoms with E-state index in [1.165, 1.54) is 36.4 Å². The van der Waals surface area contributed by atoms with Gasteiger partial charge >= 0.3 is 0 Å². The molecular weight excluding hydrogens is 743 g/mol. The summed E-state index contributed by atoms with van der Waals surface area (Å²) in [4.78, 5) is -3.23. The van der Waals surface area contributed by atoms with E-state index < -0.39 is 71.5 Å². The van der Waals surface area contributed by atoms with Crippen LogP contribution in [0.15, 0.2) is 103 Å². The first-order valence-electron chi connectivity index (χ1n) is 13.2. The molecule has 0 amide bonds. The number of anilines is 2. The lowest BCUT2D eigenvalue weighted by molar-refractivity contribution is 0.478. The molecule has 6 N–H and O–H groups in total. The van der Waals surface area contributed by atoms with Gasteiger partial charge in [-0.15, -0.1) is 10.2 Å². The molecule has 0 radical (unpaired) electrons. The van der Waals surface area contributed by atoms with Crippen molar-refractivity contribution in [1.29, 1.82) is 5.26 Å². The number of thiophene rings is 1. The molecule has 0 spiro atoms. The standard InChI is InChI=1S/C28H21N5O11S5/c1-15-2-8-19(9-3-15)46(34,35)33-17-6-4-16(5-7-17)26-23(14-29)27(30)45-28(26)32-31-18-10-21-22(24(11-18)48(39,40)41)12-20(47(36,37)38)13-25(21)49(42,43)44/h2-13,33H,30H2,1H3,(H,36,37,38)(H,39,40,41)(H,42,43,44). The summed E-state index contributed by atoms with van der Waals surface area (Å²) in [6.07, 6.45) is 0. The highest BCUT2D eigenvalue weighted by molar-refractivity contribution is 7.92. The van der Waals surface area contributed by atoms with E-state index in [-0.39, 0.29) is 31.7 Å². The minimum Gasteiger partial charge on any atom is -0.389 e. The number of sulfonamides is 1. The van der Waals surface area contributed by atoms with Crippen molar-refractivity contribution in [2.45, 2.75) is 26.5 Å². The van der Waals surface area contributed by atoms with Gasteiger partial charge in [0.2, 0.25) is 0 Å². The Hall–Kier alpha value is -4.79. The second-order valence-corrected chi connectivity index (χ2v) is 17.1. The highest BCUT2D eigenvalue weighted by Gasteiger charge is 2.26. The third-order valence-corrected chi connectivity index (χ3v) is 11.8. The van der Waals surface area contributed by atoms with Crippen LogP contribution in [0.4, 0.5) is 21.4 Å². The summed E-state index contributed by atoms with van der Waals surface area (Å²) in [7, 11) is -19.5. The summed E-state index contributed by atoms with van der Waals surface area (Å²) >= 11 is 0.803. The lowest BCUT2D eigenvalue weighted by Gasteiger charge is -2.11. The fourth-order valence-corrected chi connectivity index (χ4v) is 8.58. The average Bonchev–Trinajstić information content (AvgIpc) is 3.32. The van der Waals surface area contributed by atoms with Gasteiger partial charge < -0.3 is 5.73 Å². The second kappa shape index (κ2) is 12.6. The molecule has 0 unspecified atom stereocenters. The Morgan fingerprint density at radius 1 is 0.735 bits per heavy atom. The van der Waals surface area contributed by atoms with Gasteiger partial charge in [0.1, 0.15) is 25.9 Å². The molecule has 0 fully saturated rings. The van der Waals surface area contributed by atoms with Crippen LogP contribution >= 0.6 is 11.3 Å². The van der Waals surface area contributed by atoms with Gasteiger partial charge in [0.05, 0.1) is 21.0 Å². The number of aryl methyl sites for hydroxylation is 1. The maximum absolute atomic E-state index is 12.8. The summed E-state index contributed by atoms with van der Waals surface area (Å²) in [5.41, 5.74) is 7.18. The van der Waals surface area contributed by atoms with Crippen molar-refractivity contribution in [1.82, 2.24) is 0 Å². The molecule has 0 bridgehead atoms. The summed E-state index contributed by atoms with van der Waals surface area (Å²) in [6.45, 7) is 1.81. The quantitative estimate of drug-likeness (QED) is 0.0944. The maximum atomic E-state index is 12.8. The molecule has 16 nitrogen and oxygen atoms in total. The Labute approximate surface area is 283 Å². The number of nitriles is 1. The number of nitrogens with one attached hydrogen (secondary N) is 1. The van der Waals surface area contributed by atoms with Crippen molar-refractivity contribution in [3.8, 4) is 17.2 Å². The summed E-state index contributed by atoms with van der Waals surface area (Å²) in [5.74, 6) is 0. The van der Waals surface area contributed by atoms with Gasteiger partial charge in [0.15, 0.2) is 0 Å². The molecule has 0 aliphatic carbocycles. The molecule has 0 saturated carbocycles. The monoisotopic (exact) mass is 763 g/mol. The smallest absolute Gasteiger partial charge is 0.295 e. The molecular formula is C28H21N5O11S5. The predicted octanol–water partition coefficient (Wildman–Crippen LogP) is 5.29. The lowest BCUT2D eigenvalue weighted by Crippen LogP contribution is -2.12. The van der Waals surface area contributed by atoms with E-state index in [1.54, 1.807) is 12.1 Å². The van der Waals surface area contributed by atoms with Crippen LogP contribution in [0.2, 0.25) is 0 Å². The molecule has 4 aromatic carbocycles. The van der Waals surface area contributed by atoms with Gasteiger partial charge in [-0.1, -0.05) is 41.2 Å². The topological polar surface area (TPSA) is 284 Å². The number of fused-ring (bicyclic) bond motifs is 1.